The highest BCUT2D eigenvalue weighted by Crippen LogP contribution is 2.23. The topological polar surface area (TPSA) is 98.8 Å². The molecule has 3 aromatic rings. The molecule has 2 N–H and O–H groups in total. The third-order valence-electron chi connectivity index (χ3n) is 4.29. The molecule has 1 fully saturated rings. The number of aryl methyl sites for hydroxylation is 1. The van der Waals surface area contributed by atoms with Crippen LogP contribution in [0.3, 0.4) is 0 Å². The second kappa shape index (κ2) is 6.50. The largest absolute Gasteiger partial charge is 0.370 e. The minimum absolute atomic E-state index is 0.768. The van der Waals surface area contributed by atoms with Crippen molar-refractivity contribution in [1.82, 2.24) is 30.1 Å². The summed E-state index contributed by atoms with van der Waals surface area (Å²) in [5.41, 5.74) is 1.74. The van der Waals surface area contributed by atoms with Crippen molar-refractivity contribution in [2.75, 3.05) is 47.8 Å². The van der Waals surface area contributed by atoms with Crippen molar-refractivity contribution >= 4 is 28.6 Å². The quantitative estimate of drug-likeness (QED) is 0.732. The Balaban J connectivity index is 1.51. The molecule has 0 unspecified atom stereocenters. The summed E-state index contributed by atoms with van der Waals surface area (Å²) in [5, 5.41) is 11.2. The molecule has 4 rings (SSSR count). The number of fused-ring (bicyclic) bond motifs is 1. The third-order valence-corrected chi connectivity index (χ3v) is 4.29. The van der Waals surface area contributed by atoms with Crippen molar-refractivity contribution < 1.29 is 0 Å². The Morgan fingerprint density at radius 3 is 2.72 bits per heavy atom. The van der Waals surface area contributed by atoms with Crippen LogP contribution in [0.1, 0.15) is 12.6 Å². The van der Waals surface area contributed by atoms with Crippen LogP contribution < -0.4 is 15.1 Å². The zero-order chi connectivity index (χ0) is 17.2. The number of nitrogens with zero attached hydrogens (tertiary/aromatic N) is 7. The number of nitrogens with one attached hydrogen (secondary N) is 2. The lowest BCUT2D eigenvalue weighted by Gasteiger charge is -2.35. The maximum atomic E-state index is 4.63. The molecule has 1 aliphatic heterocycles. The normalized spacial score (nSPS) is 15.0. The molecule has 4 heterocycles. The molecule has 130 valence electrons. The Labute approximate surface area is 145 Å². The van der Waals surface area contributed by atoms with Crippen LogP contribution in [0.2, 0.25) is 0 Å². The van der Waals surface area contributed by atoms with Gasteiger partial charge in [0.2, 0.25) is 5.95 Å². The Morgan fingerprint density at radius 1 is 1.12 bits per heavy atom. The van der Waals surface area contributed by atoms with Gasteiger partial charge in [0.1, 0.15) is 18.0 Å². The molecule has 0 saturated carbocycles. The molecule has 0 amide bonds. The minimum atomic E-state index is 0.768. The Morgan fingerprint density at radius 2 is 1.92 bits per heavy atom. The van der Waals surface area contributed by atoms with Crippen LogP contribution in [0.15, 0.2) is 18.6 Å². The van der Waals surface area contributed by atoms with Gasteiger partial charge in [0.15, 0.2) is 5.65 Å². The number of H-pyrrole nitrogens is 1. The number of aromatic amines is 1. The van der Waals surface area contributed by atoms with Gasteiger partial charge in [0.25, 0.3) is 0 Å². The minimum Gasteiger partial charge on any atom is -0.370 e. The number of anilines is 3. The van der Waals surface area contributed by atoms with Crippen LogP contribution >= 0.6 is 0 Å². The molecule has 9 heteroatoms. The van der Waals surface area contributed by atoms with E-state index in [0.29, 0.717) is 0 Å². The highest BCUT2D eigenvalue weighted by atomic mass is 15.3. The van der Waals surface area contributed by atoms with Crippen molar-refractivity contribution in [3.8, 4) is 0 Å². The highest BCUT2D eigenvalue weighted by Gasteiger charge is 2.22. The molecule has 0 spiro atoms. The van der Waals surface area contributed by atoms with E-state index in [9.17, 15) is 0 Å². The summed E-state index contributed by atoms with van der Waals surface area (Å²) < 4.78 is 0. The molecule has 0 aromatic carbocycles. The van der Waals surface area contributed by atoms with Gasteiger partial charge in [-0.15, -0.1) is 0 Å². The lowest BCUT2D eigenvalue weighted by atomic mass is 10.3. The third kappa shape index (κ3) is 3.04. The fourth-order valence-electron chi connectivity index (χ4n) is 3.09. The zero-order valence-corrected chi connectivity index (χ0v) is 14.4. The van der Waals surface area contributed by atoms with Crippen LogP contribution in [0, 0.1) is 6.92 Å². The second-order valence-electron chi connectivity index (χ2n) is 6.03. The number of hydrogen-bond donors (Lipinski definition) is 2. The fraction of sp³-hybridized carbons (Fsp3) is 0.438. The maximum absolute atomic E-state index is 4.63. The molecule has 9 nitrogen and oxygen atoms in total. The first-order chi connectivity index (χ1) is 12.2. The van der Waals surface area contributed by atoms with Crippen LogP contribution in [0.5, 0.6) is 0 Å². The van der Waals surface area contributed by atoms with Crippen molar-refractivity contribution in [3.05, 3.63) is 24.3 Å². The SMILES string of the molecule is CCNc1cc(C)nc(N2CCN(c3ncnc4[nH]ncc34)CC2)n1. The van der Waals surface area contributed by atoms with Gasteiger partial charge in [-0.1, -0.05) is 0 Å². The predicted molar refractivity (Wildman–Crippen MR) is 97.0 cm³/mol. The van der Waals surface area contributed by atoms with Crippen molar-refractivity contribution in [3.63, 3.8) is 0 Å². The first kappa shape index (κ1) is 15.6. The van der Waals surface area contributed by atoms with Crippen LogP contribution in [0.4, 0.5) is 17.6 Å². The summed E-state index contributed by atoms with van der Waals surface area (Å²) in [4.78, 5) is 22.4. The molecule has 3 aromatic heterocycles. The van der Waals surface area contributed by atoms with Gasteiger partial charge in [-0.25, -0.2) is 15.0 Å². The van der Waals surface area contributed by atoms with Crippen molar-refractivity contribution in [1.29, 1.82) is 0 Å². The number of piperazine rings is 1. The molecule has 25 heavy (non-hydrogen) atoms. The van der Waals surface area contributed by atoms with Gasteiger partial charge in [-0.05, 0) is 13.8 Å². The summed E-state index contributed by atoms with van der Waals surface area (Å²) in [7, 11) is 0. The molecule has 0 radical (unpaired) electrons. The van der Waals surface area contributed by atoms with Gasteiger partial charge < -0.3 is 15.1 Å². The molecular weight excluding hydrogens is 318 g/mol. The number of rotatable bonds is 4. The molecule has 0 aliphatic carbocycles. The van der Waals surface area contributed by atoms with E-state index in [-0.39, 0.29) is 0 Å². The van der Waals surface area contributed by atoms with E-state index in [1.807, 2.05) is 13.0 Å². The number of hydrogen-bond acceptors (Lipinski definition) is 8. The Kier molecular flexibility index (Phi) is 4.04. The summed E-state index contributed by atoms with van der Waals surface area (Å²) in [5.74, 6) is 2.59. The van der Waals surface area contributed by atoms with E-state index in [1.165, 1.54) is 0 Å². The van der Waals surface area contributed by atoms with Gasteiger partial charge in [0, 0.05) is 44.5 Å². The van der Waals surface area contributed by atoms with E-state index < -0.39 is 0 Å². The maximum Gasteiger partial charge on any atom is 0.227 e. The summed E-state index contributed by atoms with van der Waals surface area (Å²) in [6.07, 6.45) is 3.36. The second-order valence-corrected chi connectivity index (χ2v) is 6.03. The van der Waals surface area contributed by atoms with Crippen LogP contribution in [0.25, 0.3) is 11.0 Å². The Bertz CT molecular complexity index is 867. The fourth-order valence-corrected chi connectivity index (χ4v) is 3.09. The first-order valence-corrected chi connectivity index (χ1v) is 8.48. The van der Waals surface area contributed by atoms with Crippen molar-refractivity contribution in [2.24, 2.45) is 0 Å². The smallest absolute Gasteiger partial charge is 0.227 e. The van der Waals surface area contributed by atoms with Gasteiger partial charge >= 0.3 is 0 Å². The van der Waals surface area contributed by atoms with E-state index in [0.717, 1.165) is 67.0 Å². The average Bonchev–Trinajstić information content (AvgIpc) is 3.10. The lowest BCUT2D eigenvalue weighted by Crippen LogP contribution is -2.47. The zero-order valence-electron chi connectivity index (χ0n) is 14.4. The van der Waals surface area contributed by atoms with Crippen LogP contribution in [-0.2, 0) is 0 Å². The Hall–Kier alpha value is -2.97. The highest BCUT2D eigenvalue weighted by molar-refractivity contribution is 5.86. The molecular formula is C16H21N9. The van der Waals surface area contributed by atoms with Gasteiger partial charge in [0.05, 0.1) is 11.6 Å². The summed E-state index contributed by atoms with van der Waals surface area (Å²) in [6.45, 7) is 8.30. The summed E-state index contributed by atoms with van der Waals surface area (Å²) in [6, 6.07) is 1.97. The molecule has 1 saturated heterocycles. The summed E-state index contributed by atoms with van der Waals surface area (Å²) >= 11 is 0. The average molecular weight is 339 g/mol. The van der Waals surface area contributed by atoms with E-state index in [2.05, 4.69) is 52.2 Å². The predicted octanol–water partition coefficient (Wildman–Crippen LogP) is 1.21. The van der Waals surface area contributed by atoms with E-state index in [4.69, 9.17) is 0 Å². The first-order valence-electron chi connectivity index (χ1n) is 8.48. The molecule has 0 bridgehead atoms. The monoisotopic (exact) mass is 339 g/mol. The molecule has 0 atom stereocenters. The van der Waals surface area contributed by atoms with Gasteiger partial charge in [-0.3, -0.25) is 5.10 Å². The van der Waals surface area contributed by atoms with E-state index >= 15 is 0 Å². The van der Waals surface area contributed by atoms with Crippen LogP contribution in [-0.4, -0.2) is 62.9 Å². The molecule has 1 aliphatic rings. The van der Waals surface area contributed by atoms with Crippen molar-refractivity contribution in [2.45, 2.75) is 13.8 Å². The number of aromatic nitrogens is 6. The standard InChI is InChI=1S/C16H21N9/c1-3-17-13-8-11(2)21-16(22-13)25-6-4-24(5-7-25)15-12-9-20-23-14(12)18-10-19-15/h8-10H,3-7H2,1-2H3,(H,17,21,22)(H,18,19,20,23). The van der Waals surface area contributed by atoms with Gasteiger partial charge in [-0.2, -0.15) is 10.1 Å². The van der Waals surface area contributed by atoms with E-state index in [1.54, 1.807) is 12.5 Å². The lowest BCUT2D eigenvalue weighted by molar-refractivity contribution is 0.635.